The second kappa shape index (κ2) is 6.39. The predicted molar refractivity (Wildman–Crippen MR) is 93.3 cm³/mol. The largest absolute Gasteiger partial charge is 0.396 e. The molecule has 0 aliphatic heterocycles. The first kappa shape index (κ1) is 18.4. The molecule has 0 aromatic carbocycles. The molecule has 24 heavy (non-hydrogen) atoms. The first-order valence-electron chi connectivity index (χ1n) is 9.56. The van der Waals surface area contributed by atoms with Crippen molar-refractivity contribution in [2.75, 3.05) is 13.2 Å². The van der Waals surface area contributed by atoms with E-state index in [0.29, 0.717) is 18.8 Å². The molecule has 0 amide bonds. The second-order valence-electron chi connectivity index (χ2n) is 9.19. The lowest BCUT2D eigenvalue weighted by Gasteiger charge is -2.52. The number of hydrogen-bond acceptors (Lipinski definition) is 4. The van der Waals surface area contributed by atoms with E-state index in [9.17, 15) is 20.4 Å². The van der Waals surface area contributed by atoms with Crippen molar-refractivity contribution >= 4 is 0 Å². The summed E-state index contributed by atoms with van der Waals surface area (Å²) in [7, 11) is 0. The summed E-state index contributed by atoms with van der Waals surface area (Å²) in [6, 6.07) is 0. The van der Waals surface area contributed by atoms with Gasteiger partial charge in [0.15, 0.2) is 0 Å². The number of rotatable bonds is 3. The molecule has 138 valence electrons. The van der Waals surface area contributed by atoms with Gasteiger partial charge in [0.1, 0.15) is 0 Å². The molecule has 4 heteroatoms. The van der Waals surface area contributed by atoms with Crippen LogP contribution in [0.2, 0.25) is 0 Å². The Balaban J connectivity index is 1.93. The van der Waals surface area contributed by atoms with Crippen LogP contribution in [0.5, 0.6) is 0 Å². The van der Waals surface area contributed by atoms with Gasteiger partial charge in [0, 0.05) is 24.5 Å². The molecule has 0 heterocycles. The van der Waals surface area contributed by atoms with Crippen LogP contribution >= 0.6 is 0 Å². The highest BCUT2D eigenvalue weighted by atomic mass is 16.3. The summed E-state index contributed by atoms with van der Waals surface area (Å²) in [5.41, 5.74) is 2.38. The SMILES string of the molecule is CC1(C)C2=C(C[C@H]1O)[C@H](CO)[C@@H]([C@]1(C)CC[C@H](O)C[C@@H]1CO)CC2. The average molecular weight is 338 g/mol. The van der Waals surface area contributed by atoms with Crippen LogP contribution in [0.15, 0.2) is 11.1 Å². The quantitative estimate of drug-likeness (QED) is 0.595. The number of hydrogen-bond donors (Lipinski definition) is 4. The van der Waals surface area contributed by atoms with Crippen molar-refractivity contribution in [1.29, 1.82) is 0 Å². The number of aliphatic hydroxyl groups excluding tert-OH is 4. The van der Waals surface area contributed by atoms with Crippen molar-refractivity contribution in [3.05, 3.63) is 11.1 Å². The maximum Gasteiger partial charge on any atom is 0.0665 e. The molecule has 1 saturated carbocycles. The van der Waals surface area contributed by atoms with Gasteiger partial charge in [0.05, 0.1) is 12.2 Å². The van der Waals surface area contributed by atoms with Gasteiger partial charge in [-0.05, 0) is 55.8 Å². The fourth-order valence-corrected chi connectivity index (χ4v) is 6.00. The van der Waals surface area contributed by atoms with E-state index in [1.807, 2.05) is 0 Å². The van der Waals surface area contributed by atoms with Crippen molar-refractivity contribution in [1.82, 2.24) is 0 Å². The van der Waals surface area contributed by atoms with Crippen LogP contribution in [0.3, 0.4) is 0 Å². The summed E-state index contributed by atoms with van der Waals surface area (Å²) < 4.78 is 0. The molecule has 1 fully saturated rings. The molecule has 0 spiro atoms. The van der Waals surface area contributed by atoms with E-state index in [2.05, 4.69) is 20.8 Å². The molecule has 0 aromatic heterocycles. The van der Waals surface area contributed by atoms with Crippen LogP contribution in [-0.4, -0.2) is 45.8 Å². The fraction of sp³-hybridized carbons (Fsp3) is 0.900. The van der Waals surface area contributed by atoms with Crippen molar-refractivity contribution < 1.29 is 20.4 Å². The van der Waals surface area contributed by atoms with E-state index in [1.165, 1.54) is 11.1 Å². The van der Waals surface area contributed by atoms with E-state index in [0.717, 1.165) is 25.7 Å². The van der Waals surface area contributed by atoms with Gasteiger partial charge in [-0.25, -0.2) is 0 Å². The molecular weight excluding hydrogens is 304 g/mol. The van der Waals surface area contributed by atoms with E-state index in [1.54, 1.807) is 0 Å². The lowest BCUT2D eigenvalue weighted by Crippen LogP contribution is -2.47. The Morgan fingerprint density at radius 2 is 1.75 bits per heavy atom. The highest BCUT2D eigenvalue weighted by Crippen LogP contribution is 2.59. The molecule has 0 radical (unpaired) electrons. The first-order valence-corrected chi connectivity index (χ1v) is 9.56. The Hall–Kier alpha value is -0.420. The Bertz CT molecular complexity index is 512. The molecule has 3 aliphatic rings. The molecule has 0 aromatic rings. The molecule has 0 unspecified atom stereocenters. The second-order valence-corrected chi connectivity index (χ2v) is 9.19. The summed E-state index contributed by atoms with van der Waals surface area (Å²) in [5.74, 6) is 0.480. The maximum atomic E-state index is 10.5. The van der Waals surface area contributed by atoms with Crippen LogP contribution in [0.25, 0.3) is 0 Å². The van der Waals surface area contributed by atoms with E-state index < -0.39 is 0 Å². The minimum Gasteiger partial charge on any atom is -0.396 e. The standard InChI is InChI=1S/C20H34O4/c1-19(2)16-4-5-17(15(11-22)14(16)9-18(19)24)20(3)7-6-13(23)8-12(20)10-21/h12-13,15,17-18,21-24H,4-11H2,1-3H3/t12-,13+,15+,17+,18-,20-/m1/s1. The van der Waals surface area contributed by atoms with E-state index in [-0.39, 0.29) is 48.1 Å². The topological polar surface area (TPSA) is 80.9 Å². The predicted octanol–water partition coefficient (Wildman–Crippen LogP) is 2.25. The highest BCUT2D eigenvalue weighted by Gasteiger charge is 2.52. The maximum absolute atomic E-state index is 10.5. The van der Waals surface area contributed by atoms with Gasteiger partial charge in [-0.1, -0.05) is 31.9 Å². The Kier molecular flexibility index (Phi) is 4.89. The summed E-state index contributed by atoms with van der Waals surface area (Å²) >= 11 is 0. The van der Waals surface area contributed by atoms with E-state index in [4.69, 9.17) is 0 Å². The highest BCUT2D eigenvalue weighted by molar-refractivity contribution is 5.34. The third-order valence-electron chi connectivity index (χ3n) is 7.82. The fourth-order valence-electron chi connectivity index (χ4n) is 6.00. The smallest absolute Gasteiger partial charge is 0.0665 e. The molecule has 3 rings (SSSR count). The zero-order valence-corrected chi connectivity index (χ0v) is 15.3. The van der Waals surface area contributed by atoms with Gasteiger partial charge >= 0.3 is 0 Å². The van der Waals surface area contributed by atoms with Crippen LogP contribution < -0.4 is 0 Å². The average Bonchev–Trinajstić information content (AvgIpc) is 2.78. The van der Waals surface area contributed by atoms with Gasteiger partial charge in [0.25, 0.3) is 0 Å². The molecule has 0 saturated heterocycles. The van der Waals surface area contributed by atoms with Gasteiger partial charge in [-0.15, -0.1) is 0 Å². The van der Waals surface area contributed by atoms with Crippen molar-refractivity contribution in [3.8, 4) is 0 Å². The van der Waals surface area contributed by atoms with Crippen molar-refractivity contribution in [3.63, 3.8) is 0 Å². The van der Waals surface area contributed by atoms with Gasteiger partial charge < -0.3 is 20.4 Å². The normalized spacial score (nSPS) is 45.4. The monoisotopic (exact) mass is 338 g/mol. The lowest BCUT2D eigenvalue weighted by molar-refractivity contribution is -0.0641. The molecule has 6 atom stereocenters. The summed E-state index contributed by atoms with van der Waals surface area (Å²) in [6.07, 6.45) is 4.32. The van der Waals surface area contributed by atoms with E-state index >= 15 is 0 Å². The zero-order chi connectivity index (χ0) is 17.7. The molecule has 0 bridgehead atoms. The molecule has 4 nitrogen and oxygen atoms in total. The summed E-state index contributed by atoms with van der Waals surface area (Å²) in [4.78, 5) is 0. The minimum absolute atomic E-state index is 0.0579. The molecule has 4 N–H and O–H groups in total. The van der Waals surface area contributed by atoms with Crippen LogP contribution in [0.4, 0.5) is 0 Å². The zero-order valence-electron chi connectivity index (χ0n) is 15.3. The Morgan fingerprint density at radius 3 is 2.38 bits per heavy atom. The van der Waals surface area contributed by atoms with Crippen LogP contribution in [-0.2, 0) is 0 Å². The van der Waals surface area contributed by atoms with Crippen LogP contribution in [0.1, 0.15) is 59.3 Å². The molecule has 3 aliphatic carbocycles. The molecular formula is C20H34O4. The van der Waals surface area contributed by atoms with Gasteiger partial charge in [-0.3, -0.25) is 0 Å². The Morgan fingerprint density at radius 1 is 1.04 bits per heavy atom. The van der Waals surface area contributed by atoms with Gasteiger partial charge in [0.2, 0.25) is 0 Å². The minimum atomic E-state index is -0.357. The Labute approximate surface area is 145 Å². The van der Waals surface area contributed by atoms with Crippen molar-refractivity contribution in [2.24, 2.45) is 28.6 Å². The summed E-state index contributed by atoms with van der Waals surface area (Å²) in [5, 5.41) is 40.6. The van der Waals surface area contributed by atoms with Crippen LogP contribution in [0, 0.1) is 28.6 Å². The lowest BCUT2D eigenvalue weighted by atomic mass is 9.54. The number of aliphatic hydroxyl groups is 4. The first-order chi connectivity index (χ1) is 11.3. The third kappa shape index (κ3) is 2.66. The third-order valence-corrected chi connectivity index (χ3v) is 7.82. The van der Waals surface area contributed by atoms with Gasteiger partial charge in [-0.2, -0.15) is 0 Å². The summed E-state index contributed by atoms with van der Waals surface area (Å²) in [6.45, 7) is 6.69. The van der Waals surface area contributed by atoms with Crippen molar-refractivity contribution in [2.45, 2.75) is 71.5 Å².